The first-order valence-electron chi connectivity index (χ1n) is 6.90. The molecule has 21 heavy (non-hydrogen) atoms. The van der Waals surface area contributed by atoms with Crippen LogP contribution >= 0.6 is 0 Å². The van der Waals surface area contributed by atoms with Gasteiger partial charge in [-0.1, -0.05) is 31.2 Å². The van der Waals surface area contributed by atoms with Gasteiger partial charge in [-0.3, -0.25) is 4.79 Å². The van der Waals surface area contributed by atoms with E-state index in [1.807, 2.05) is 43.3 Å². The predicted octanol–water partition coefficient (Wildman–Crippen LogP) is 2.23. The summed E-state index contributed by atoms with van der Waals surface area (Å²) < 4.78 is 5.60. The van der Waals surface area contributed by atoms with Crippen LogP contribution in [0.1, 0.15) is 18.9 Å². The number of nitrogens with zero attached hydrogens (tertiary/aromatic N) is 1. The number of nitrogens with one attached hydrogen (secondary N) is 1. The van der Waals surface area contributed by atoms with Gasteiger partial charge in [0.05, 0.1) is 6.04 Å². The number of carbonyl (C=O) groups is 1. The van der Waals surface area contributed by atoms with E-state index in [0.717, 1.165) is 11.3 Å². The molecule has 0 radical (unpaired) electrons. The van der Waals surface area contributed by atoms with Crippen molar-refractivity contribution in [3.63, 3.8) is 0 Å². The second-order valence-corrected chi connectivity index (χ2v) is 4.65. The van der Waals surface area contributed by atoms with Crippen LogP contribution in [-0.4, -0.2) is 16.9 Å². The summed E-state index contributed by atoms with van der Waals surface area (Å²) in [5.41, 5.74) is 6.54. The second kappa shape index (κ2) is 7.40. The summed E-state index contributed by atoms with van der Waals surface area (Å²) in [5, 5.41) is 2.77. The SMILES string of the molecule is CC[C@H](N)C(=O)NCc1ccc(Oc2ccccc2)nc1. The Morgan fingerprint density at radius 2 is 2.05 bits per heavy atom. The molecular weight excluding hydrogens is 266 g/mol. The van der Waals surface area contributed by atoms with Crippen molar-refractivity contribution in [2.75, 3.05) is 0 Å². The van der Waals surface area contributed by atoms with E-state index in [9.17, 15) is 4.79 Å². The van der Waals surface area contributed by atoms with E-state index in [1.54, 1.807) is 12.3 Å². The van der Waals surface area contributed by atoms with E-state index in [-0.39, 0.29) is 5.91 Å². The van der Waals surface area contributed by atoms with E-state index in [1.165, 1.54) is 0 Å². The van der Waals surface area contributed by atoms with E-state index in [0.29, 0.717) is 18.8 Å². The van der Waals surface area contributed by atoms with Gasteiger partial charge in [0.2, 0.25) is 11.8 Å². The zero-order chi connectivity index (χ0) is 15.1. The molecule has 0 fully saturated rings. The number of rotatable bonds is 6. The third-order valence-corrected chi connectivity index (χ3v) is 3.01. The lowest BCUT2D eigenvalue weighted by atomic mass is 10.2. The summed E-state index contributed by atoms with van der Waals surface area (Å²) in [4.78, 5) is 15.8. The molecule has 0 saturated carbocycles. The van der Waals surface area contributed by atoms with Crippen molar-refractivity contribution >= 4 is 5.91 Å². The molecule has 1 aromatic heterocycles. The number of aromatic nitrogens is 1. The van der Waals surface area contributed by atoms with Crippen molar-refractivity contribution in [3.05, 3.63) is 54.2 Å². The number of carbonyl (C=O) groups excluding carboxylic acids is 1. The Morgan fingerprint density at radius 1 is 1.29 bits per heavy atom. The quantitative estimate of drug-likeness (QED) is 0.853. The third-order valence-electron chi connectivity index (χ3n) is 3.01. The van der Waals surface area contributed by atoms with Crippen LogP contribution in [0.25, 0.3) is 0 Å². The van der Waals surface area contributed by atoms with E-state index < -0.39 is 6.04 Å². The second-order valence-electron chi connectivity index (χ2n) is 4.65. The minimum atomic E-state index is -0.460. The number of nitrogens with two attached hydrogens (primary N) is 1. The number of benzene rings is 1. The monoisotopic (exact) mass is 285 g/mol. The maximum absolute atomic E-state index is 11.6. The van der Waals surface area contributed by atoms with Crippen LogP contribution in [0.3, 0.4) is 0 Å². The molecule has 5 heteroatoms. The third kappa shape index (κ3) is 4.57. The van der Waals surface area contributed by atoms with Crippen LogP contribution in [0.15, 0.2) is 48.7 Å². The molecule has 1 aromatic carbocycles. The normalized spacial score (nSPS) is 11.7. The highest BCUT2D eigenvalue weighted by Crippen LogP contribution is 2.18. The Hall–Kier alpha value is -2.40. The molecule has 3 N–H and O–H groups in total. The maximum atomic E-state index is 11.6. The summed E-state index contributed by atoms with van der Waals surface area (Å²) in [7, 11) is 0. The smallest absolute Gasteiger partial charge is 0.237 e. The molecule has 1 amide bonds. The van der Waals surface area contributed by atoms with Crippen LogP contribution in [0.4, 0.5) is 0 Å². The average Bonchev–Trinajstić information content (AvgIpc) is 2.54. The van der Waals surface area contributed by atoms with E-state index in [2.05, 4.69) is 10.3 Å². The van der Waals surface area contributed by atoms with Gasteiger partial charge in [-0.25, -0.2) is 4.98 Å². The first-order chi connectivity index (χ1) is 10.2. The van der Waals surface area contributed by atoms with E-state index >= 15 is 0 Å². The first-order valence-corrected chi connectivity index (χ1v) is 6.90. The van der Waals surface area contributed by atoms with Crippen LogP contribution in [0.2, 0.25) is 0 Å². The molecule has 0 aliphatic heterocycles. The van der Waals surface area contributed by atoms with Crippen LogP contribution in [0.5, 0.6) is 11.6 Å². The fraction of sp³-hybridized carbons (Fsp3) is 0.250. The Balaban J connectivity index is 1.89. The molecule has 0 spiro atoms. The molecule has 110 valence electrons. The Morgan fingerprint density at radius 3 is 2.67 bits per heavy atom. The van der Waals surface area contributed by atoms with Crippen LogP contribution in [-0.2, 0) is 11.3 Å². The number of ether oxygens (including phenoxy) is 1. The van der Waals surface area contributed by atoms with Crippen LogP contribution in [0, 0.1) is 0 Å². The lowest BCUT2D eigenvalue weighted by Crippen LogP contribution is -2.39. The van der Waals surface area contributed by atoms with E-state index in [4.69, 9.17) is 10.5 Å². The first kappa shape index (κ1) is 15.0. The van der Waals surface area contributed by atoms with Crippen molar-refractivity contribution < 1.29 is 9.53 Å². The maximum Gasteiger partial charge on any atom is 0.237 e. The fourth-order valence-corrected chi connectivity index (χ4v) is 1.69. The zero-order valence-electron chi connectivity index (χ0n) is 12.0. The molecule has 0 saturated heterocycles. The van der Waals surface area contributed by atoms with Gasteiger partial charge in [0.1, 0.15) is 5.75 Å². The van der Waals surface area contributed by atoms with Gasteiger partial charge in [0.15, 0.2) is 0 Å². The van der Waals surface area contributed by atoms with Gasteiger partial charge >= 0.3 is 0 Å². The van der Waals surface area contributed by atoms with Gasteiger partial charge in [-0.15, -0.1) is 0 Å². The molecule has 2 rings (SSSR count). The van der Waals surface area contributed by atoms with Crippen molar-refractivity contribution in [1.82, 2.24) is 10.3 Å². The molecule has 0 aliphatic rings. The molecule has 0 aliphatic carbocycles. The molecule has 1 heterocycles. The molecule has 1 atom stereocenters. The van der Waals surface area contributed by atoms with Crippen molar-refractivity contribution in [2.45, 2.75) is 25.9 Å². The summed E-state index contributed by atoms with van der Waals surface area (Å²) in [6.07, 6.45) is 2.30. The highest BCUT2D eigenvalue weighted by atomic mass is 16.5. The highest BCUT2D eigenvalue weighted by Gasteiger charge is 2.10. The van der Waals surface area contributed by atoms with Gasteiger partial charge in [-0.05, 0) is 24.1 Å². The van der Waals surface area contributed by atoms with Gasteiger partial charge in [0, 0.05) is 18.8 Å². The van der Waals surface area contributed by atoms with Gasteiger partial charge < -0.3 is 15.8 Å². The van der Waals surface area contributed by atoms with Crippen molar-refractivity contribution in [3.8, 4) is 11.6 Å². The Labute approximate surface area is 124 Å². The van der Waals surface area contributed by atoms with Gasteiger partial charge in [-0.2, -0.15) is 0 Å². The van der Waals surface area contributed by atoms with Crippen LogP contribution < -0.4 is 15.8 Å². The lowest BCUT2D eigenvalue weighted by Gasteiger charge is -2.10. The highest BCUT2D eigenvalue weighted by molar-refractivity contribution is 5.81. The summed E-state index contributed by atoms with van der Waals surface area (Å²) in [5.74, 6) is 1.10. The average molecular weight is 285 g/mol. The molecule has 0 unspecified atom stereocenters. The molecular formula is C16H19N3O2. The number of amides is 1. The van der Waals surface area contributed by atoms with Gasteiger partial charge in [0.25, 0.3) is 0 Å². The topological polar surface area (TPSA) is 77.2 Å². The molecule has 5 nitrogen and oxygen atoms in total. The summed E-state index contributed by atoms with van der Waals surface area (Å²) in [6.45, 7) is 2.28. The zero-order valence-corrected chi connectivity index (χ0v) is 12.0. The minimum Gasteiger partial charge on any atom is -0.439 e. The lowest BCUT2D eigenvalue weighted by molar-refractivity contribution is -0.122. The standard InChI is InChI=1S/C16H19N3O2/c1-2-14(17)16(20)19-11-12-8-9-15(18-10-12)21-13-6-4-3-5-7-13/h3-10,14H,2,11,17H2,1H3,(H,19,20)/t14-/m0/s1. The molecule has 0 bridgehead atoms. The number of para-hydroxylation sites is 1. The number of hydrogen-bond donors (Lipinski definition) is 2. The minimum absolute atomic E-state index is 0.151. The molecule has 2 aromatic rings. The number of pyridine rings is 1. The number of hydrogen-bond acceptors (Lipinski definition) is 4. The fourth-order valence-electron chi connectivity index (χ4n) is 1.69. The Kier molecular flexibility index (Phi) is 5.29. The predicted molar refractivity (Wildman–Crippen MR) is 80.9 cm³/mol. The van der Waals surface area contributed by atoms with Crippen molar-refractivity contribution in [1.29, 1.82) is 0 Å². The van der Waals surface area contributed by atoms with Crippen molar-refractivity contribution in [2.24, 2.45) is 5.73 Å². The Bertz CT molecular complexity index is 570. The largest absolute Gasteiger partial charge is 0.439 e. The summed E-state index contributed by atoms with van der Waals surface area (Å²) >= 11 is 0. The summed E-state index contributed by atoms with van der Waals surface area (Å²) in [6, 6.07) is 12.6.